The van der Waals surface area contributed by atoms with E-state index in [1.165, 1.54) is 0 Å². The first-order valence-electron chi connectivity index (χ1n) is 9.20. The Kier molecular flexibility index (Phi) is 4.85. The molecule has 4 rings (SSSR count). The lowest BCUT2D eigenvalue weighted by Crippen LogP contribution is -2.54. The maximum absolute atomic E-state index is 13.0. The van der Waals surface area contributed by atoms with Crippen molar-refractivity contribution >= 4 is 29.3 Å². The molecular formula is C19H19N5O5. The summed E-state index contributed by atoms with van der Waals surface area (Å²) in [6.07, 6.45) is 3.61. The molecule has 1 aromatic carbocycles. The van der Waals surface area contributed by atoms with Gasteiger partial charge in [0.25, 0.3) is 11.8 Å². The van der Waals surface area contributed by atoms with E-state index in [4.69, 9.17) is 5.11 Å². The molecule has 2 aromatic rings. The van der Waals surface area contributed by atoms with Crippen LogP contribution >= 0.6 is 0 Å². The highest BCUT2D eigenvalue weighted by Gasteiger charge is 2.45. The Morgan fingerprint density at radius 1 is 1.21 bits per heavy atom. The van der Waals surface area contributed by atoms with Gasteiger partial charge in [0.1, 0.15) is 6.04 Å². The van der Waals surface area contributed by atoms with E-state index in [0.717, 1.165) is 10.5 Å². The van der Waals surface area contributed by atoms with E-state index in [9.17, 15) is 19.2 Å². The quantitative estimate of drug-likeness (QED) is 0.579. The van der Waals surface area contributed by atoms with Crippen molar-refractivity contribution in [3.05, 3.63) is 47.3 Å². The molecule has 3 heterocycles. The second-order valence-corrected chi connectivity index (χ2v) is 6.86. The molecule has 1 fully saturated rings. The zero-order valence-corrected chi connectivity index (χ0v) is 15.4. The van der Waals surface area contributed by atoms with E-state index >= 15 is 0 Å². The predicted octanol–water partition coefficient (Wildman–Crippen LogP) is -0.111. The van der Waals surface area contributed by atoms with Crippen LogP contribution in [0.1, 0.15) is 39.1 Å². The van der Waals surface area contributed by atoms with E-state index in [-0.39, 0.29) is 30.6 Å². The third-order valence-corrected chi connectivity index (χ3v) is 4.97. The monoisotopic (exact) mass is 397 g/mol. The van der Waals surface area contributed by atoms with Gasteiger partial charge in [-0.25, -0.2) is 0 Å². The third-order valence-electron chi connectivity index (χ3n) is 4.97. The minimum absolute atomic E-state index is 0.0203. The van der Waals surface area contributed by atoms with Crippen molar-refractivity contribution in [1.29, 1.82) is 0 Å². The lowest BCUT2D eigenvalue weighted by Gasteiger charge is -2.27. The fourth-order valence-electron chi connectivity index (χ4n) is 3.58. The number of fused-ring (bicyclic) bond motifs is 1. The van der Waals surface area contributed by atoms with Crippen LogP contribution in [0.2, 0.25) is 0 Å². The fraction of sp³-hybridized carbons (Fsp3) is 0.316. The number of aromatic nitrogens is 2. The van der Waals surface area contributed by atoms with Crippen LogP contribution in [0.4, 0.5) is 5.69 Å². The molecule has 0 saturated carbocycles. The lowest BCUT2D eigenvalue weighted by molar-refractivity contribution is -0.136. The summed E-state index contributed by atoms with van der Waals surface area (Å²) in [5.41, 5.74) is 1.76. The van der Waals surface area contributed by atoms with Crippen LogP contribution in [0.15, 0.2) is 30.6 Å². The zero-order chi connectivity index (χ0) is 20.5. The van der Waals surface area contributed by atoms with Crippen molar-refractivity contribution in [2.75, 3.05) is 11.9 Å². The second kappa shape index (κ2) is 7.47. The molecule has 1 unspecified atom stereocenters. The van der Waals surface area contributed by atoms with Gasteiger partial charge in [0.05, 0.1) is 30.5 Å². The van der Waals surface area contributed by atoms with Gasteiger partial charge in [-0.05, 0) is 18.6 Å². The van der Waals surface area contributed by atoms with Crippen molar-refractivity contribution in [2.45, 2.75) is 32.0 Å². The number of nitrogens with zero attached hydrogens (tertiary/aromatic N) is 3. The van der Waals surface area contributed by atoms with Crippen molar-refractivity contribution < 1.29 is 24.3 Å². The van der Waals surface area contributed by atoms with E-state index in [1.807, 2.05) is 0 Å². The molecule has 0 aliphatic carbocycles. The highest BCUT2D eigenvalue weighted by Crippen LogP contribution is 2.32. The third kappa shape index (κ3) is 3.38. The Balaban J connectivity index is 1.56. The van der Waals surface area contributed by atoms with Crippen LogP contribution in [0.25, 0.3) is 0 Å². The van der Waals surface area contributed by atoms with Gasteiger partial charge in [-0.2, -0.15) is 5.10 Å². The maximum Gasteiger partial charge on any atom is 0.264 e. The van der Waals surface area contributed by atoms with Crippen molar-refractivity contribution in [3.8, 4) is 0 Å². The normalized spacial score (nSPS) is 18.8. The first kappa shape index (κ1) is 18.8. The average molecular weight is 397 g/mol. The number of hydrogen-bond donors (Lipinski definition) is 3. The number of aliphatic hydroxyl groups excluding tert-OH is 1. The molecule has 3 N–H and O–H groups in total. The number of imide groups is 2. The molecule has 150 valence electrons. The molecule has 0 spiro atoms. The minimum Gasteiger partial charge on any atom is -0.394 e. The van der Waals surface area contributed by atoms with Crippen LogP contribution in [0.5, 0.6) is 0 Å². The van der Waals surface area contributed by atoms with Gasteiger partial charge in [-0.3, -0.25) is 34.1 Å². The summed E-state index contributed by atoms with van der Waals surface area (Å²) in [5, 5.41) is 18.4. The van der Waals surface area contributed by atoms with Crippen LogP contribution in [0, 0.1) is 0 Å². The lowest BCUT2D eigenvalue weighted by atomic mass is 10.0. The van der Waals surface area contributed by atoms with Crippen LogP contribution in [-0.4, -0.2) is 56.1 Å². The number of hydrogen-bond acceptors (Lipinski definition) is 7. The molecule has 1 atom stereocenters. The molecule has 0 radical (unpaired) electrons. The minimum atomic E-state index is -0.996. The molecular weight excluding hydrogens is 378 g/mol. The summed E-state index contributed by atoms with van der Waals surface area (Å²) in [7, 11) is 0. The van der Waals surface area contributed by atoms with E-state index in [1.54, 1.807) is 35.3 Å². The van der Waals surface area contributed by atoms with E-state index in [2.05, 4.69) is 15.7 Å². The number of anilines is 1. The van der Waals surface area contributed by atoms with Crippen LogP contribution < -0.4 is 10.6 Å². The highest BCUT2D eigenvalue weighted by molar-refractivity contribution is 6.25. The molecule has 4 amide bonds. The highest BCUT2D eigenvalue weighted by atomic mass is 16.3. The number of carbonyl (C=O) groups is 4. The number of piperidine rings is 1. The summed E-state index contributed by atoms with van der Waals surface area (Å²) >= 11 is 0. The largest absolute Gasteiger partial charge is 0.394 e. The Morgan fingerprint density at radius 2 is 2.03 bits per heavy atom. The standard InChI is InChI=1S/C19H19N5O5/c25-7-6-23-10-11(9-21-23)8-20-13-3-1-2-12-16(13)19(29)24(18(12)28)14-4-5-15(26)22-17(14)27/h1-3,9-10,14,20,25H,4-8H2,(H,22,26,27). The molecule has 2 aliphatic rings. The SMILES string of the molecule is O=C1CCC(N2C(=O)c3cccc(NCc4cnn(CCO)c4)c3C2=O)C(=O)N1. The molecule has 10 heteroatoms. The summed E-state index contributed by atoms with van der Waals surface area (Å²) in [6, 6.07) is 3.90. The van der Waals surface area contributed by atoms with Crippen molar-refractivity contribution in [3.63, 3.8) is 0 Å². The summed E-state index contributed by atoms with van der Waals surface area (Å²) in [5.74, 6) is -2.15. The summed E-state index contributed by atoms with van der Waals surface area (Å²) in [6.45, 7) is 0.726. The average Bonchev–Trinajstić information content (AvgIpc) is 3.24. The van der Waals surface area contributed by atoms with Gasteiger partial charge >= 0.3 is 0 Å². The zero-order valence-electron chi connectivity index (χ0n) is 15.4. The van der Waals surface area contributed by atoms with Crippen LogP contribution in [-0.2, 0) is 22.7 Å². The topological polar surface area (TPSA) is 134 Å². The van der Waals surface area contributed by atoms with E-state index < -0.39 is 29.7 Å². The number of amides is 4. The van der Waals surface area contributed by atoms with Gasteiger partial charge in [-0.15, -0.1) is 0 Å². The molecule has 1 aromatic heterocycles. The molecule has 2 aliphatic heterocycles. The number of benzene rings is 1. The smallest absolute Gasteiger partial charge is 0.264 e. The fourth-order valence-corrected chi connectivity index (χ4v) is 3.58. The van der Waals surface area contributed by atoms with Gasteiger partial charge < -0.3 is 10.4 Å². The summed E-state index contributed by atoms with van der Waals surface area (Å²) in [4.78, 5) is 50.3. The van der Waals surface area contributed by atoms with Gasteiger partial charge in [0, 0.05) is 30.4 Å². The molecule has 1 saturated heterocycles. The van der Waals surface area contributed by atoms with Gasteiger partial charge in [0.15, 0.2) is 0 Å². The number of nitrogens with one attached hydrogen (secondary N) is 2. The van der Waals surface area contributed by atoms with Crippen LogP contribution in [0.3, 0.4) is 0 Å². The van der Waals surface area contributed by atoms with Gasteiger partial charge in [0.2, 0.25) is 11.8 Å². The van der Waals surface area contributed by atoms with E-state index in [0.29, 0.717) is 18.8 Å². The molecule has 29 heavy (non-hydrogen) atoms. The number of rotatable bonds is 6. The second-order valence-electron chi connectivity index (χ2n) is 6.86. The summed E-state index contributed by atoms with van der Waals surface area (Å²) < 4.78 is 1.60. The Bertz CT molecular complexity index is 1010. The molecule has 0 bridgehead atoms. The maximum atomic E-state index is 13.0. The van der Waals surface area contributed by atoms with Crippen molar-refractivity contribution in [1.82, 2.24) is 20.0 Å². The Morgan fingerprint density at radius 3 is 2.79 bits per heavy atom. The number of aliphatic hydroxyl groups is 1. The molecule has 10 nitrogen and oxygen atoms in total. The van der Waals surface area contributed by atoms with Gasteiger partial charge in [-0.1, -0.05) is 6.07 Å². The van der Waals surface area contributed by atoms with Crippen molar-refractivity contribution in [2.24, 2.45) is 0 Å². The predicted molar refractivity (Wildman–Crippen MR) is 99.8 cm³/mol. The first-order chi connectivity index (χ1) is 14.0. The first-order valence-corrected chi connectivity index (χ1v) is 9.20. The Labute approximate surface area is 165 Å². The Hall–Kier alpha value is -3.53. The number of carbonyl (C=O) groups excluding carboxylic acids is 4.